The van der Waals surface area contributed by atoms with Gasteiger partial charge in [0.05, 0.1) is 11.1 Å². The highest BCUT2D eigenvalue weighted by molar-refractivity contribution is 6.30. The normalized spacial score (nSPS) is 12.5. The Morgan fingerprint density at radius 2 is 1.89 bits per heavy atom. The fourth-order valence-electron chi connectivity index (χ4n) is 1.80. The minimum Gasteiger partial charge on any atom is -0.320 e. The predicted molar refractivity (Wildman–Crippen MR) is 68.6 cm³/mol. The lowest BCUT2D eigenvalue weighted by atomic mass is 9.97. The second-order valence-electron chi connectivity index (χ2n) is 4.13. The van der Waals surface area contributed by atoms with Crippen LogP contribution in [0.1, 0.15) is 22.7 Å². The highest BCUT2D eigenvalue weighted by Crippen LogP contribution is 2.27. The van der Waals surface area contributed by atoms with E-state index >= 15 is 0 Å². The van der Waals surface area contributed by atoms with E-state index in [4.69, 9.17) is 17.3 Å². The van der Waals surface area contributed by atoms with Gasteiger partial charge in [0.1, 0.15) is 11.6 Å². The van der Waals surface area contributed by atoms with Crippen molar-refractivity contribution in [2.45, 2.75) is 13.0 Å². The van der Waals surface area contributed by atoms with Crippen molar-refractivity contribution in [3.05, 3.63) is 69.7 Å². The van der Waals surface area contributed by atoms with Crippen molar-refractivity contribution in [2.75, 3.05) is 0 Å². The summed E-state index contributed by atoms with van der Waals surface area (Å²) in [5.74, 6) is -0.842. The number of benzene rings is 2. The molecule has 0 aliphatic rings. The van der Waals surface area contributed by atoms with E-state index in [0.29, 0.717) is 16.7 Å². The zero-order valence-corrected chi connectivity index (χ0v) is 10.5. The number of rotatable bonds is 2. The summed E-state index contributed by atoms with van der Waals surface area (Å²) >= 11 is 5.71. The number of aryl methyl sites for hydroxylation is 1. The summed E-state index contributed by atoms with van der Waals surface area (Å²) in [5, 5.41) is 0.0294. The van der Waals surface area contributed by atoms with E-state index in [-0.39, 0.29) is 10.8 Å². The fraction of sp³-hybridized carbons (Fsp3) is 0.143. The Morgan fingerprint density at radius 3 is 2.56 bits per heavy atom. The molecule has 1 unspecified atom stereocenters. The van der Waals surface area contributed by atoms with Gasteiger partial charge in [0.25, 0.3) is 0 Å². The Balaban J connectivity index is 2.44. The van der Waals surface area contributed by atoms with Gasteiger partial charge in [-0.1, -0.05) is 35.9 Å². The molecule has 2 N–H and O–H groups in total. The summed E-state index contributed by atoms with van der Waals surface area (Å²) in [7, 11) is 0. The number of nitrogens with two attached hydrogens (primary N) is 1. The van der Waals surface area contributed by atoms with Gasteiger partial charge in [-0.25, -0.2) is 8.78 Å². The minimum atomic E-state index is -0.664. The van der Waals surface area contributed by atoms with E-state index in [0.717, 1.165) is 0 Å². The molecule has 0 amide bonds. The van der Waals surface area contributed by atoms with Gasteiger partial charge < -0.3 is 5.73 Å². The topological polar surface area (TPSA) is 26.0 Å². The van der Waals surface area contributed by atoms with Gasteiger partial charge in [-0.2, -0.15) is 0 Å². The average Bonchev–Trinajstić information content (AvgIpc) is 2.35. The predicted octanol–water partition coefficient (Wildman–Crippen LogP) is 3.97. The quantitative estimate of drug-likeness (QED) is 0.875. The standard InChI is InChI=1S/C14H12ClF2N/c1-8-7-9(5-6-12(8)16)14(18)10-3-2-4-11(15)13(10)17/h2-7,14H,18H2,1H3. The monoisotopic (exact) mass is 267 g/mol. The SMILES string of the molecule is Cc1cc(C(N)c2cccc(Cl)c2F)ccc1F. The van der Waals surface area contributed by atoms with Crippen LogP contribution in [-0.2, 0) is 0 Å². The maximum absolute atomic E-state index is 13.8. The molecule has 0 radical (unpaired) electrons. The van der Waals surface area contributed by atoms with Crippen LogP contribution >= 0.6 is 11.6 Å². The summed E-state index contributed by atoms with van der Waals surface area (Å²) in [4.78, 5) is 0. The Hall–Kier alpha value is -1.45. The second-order valence-corrected chi connectivity index (χ2v) is 4.54. The lowest BCUT2D eigenvalue weighted by Crippen LogP contribution is -2.14. The largest absolute Gasteiger partial charge is 0.320 e. The third-order valence-corrected chi connectivity index (χ3v) is 3.15. The highest BCUT2D eigenvalue weighted by Gasteiger charge is 2.16. The first-order valence-corrected chi connectivity index (χ1v) is 5.84. The summed E-state index contributed by atoms with van der Waals surface area (Å²) in [5.41, 5.74) is 7.41. The molecule has 0 aromatic heterocycles. The van der Waals surface area contributed by atoms with Gasteiger partial charge in [0.2, 0.25) is 0 Å². The maximum Gasteiger partial charge on any atom is 0.146 e. The molecule has 2 aromatic rings. The van der Waals surface area contributed by atoms with Crippen LogP contribution in [0.15, 0.2) is 36.4 Å². The summed E-state index contributed by atoms with van der Waals surface area (Å²) in [6, 6.07) is 8.49. The smallest absolute Gasteiger partial charge is 0.146 e. The molecule has 0 saturated heterocycles. The van der Waals surface area contributed by atoms with Crippen LogP contribution in [0.2, 0.25) is 5.02 Å². The van der Waals surface area contributed by atoms with Crippen LogP contribution in [0.25, 0.3) is 0 Å². The Labute approximate surface area is 109 Å². The molecule has 0 fully saturated rings. The van der Waals surface area contributed by atoms with Crippen LogP contribution in [0.5, 0.6) is 0 Å². The molecule has 0 aliphatic heterocycles. The molecule has 2 aromatic carbocycles. The lowest BCUT2D eigenvalue weighted by molar-refractivity contribution is 0.598. The molecular formula is C14H12ClF2N. The molecule has 2 rings (SSSR count). The molecule has 0 bridgehead atoms. The van der Waals surface area contributed by atoms with Gasteiger partial charge in [-0.3, -0.25) is 0 Å². The van der Waals surface area contributed by atoms with Crippen molar-refractivity contribution in [3.8, 4) is 0 Å². The summed E-state index contributed by atoms with van der Waals surface area (Å²) < 4.78 is 27.0. The van der Waals surface area contributed by atoms with E-state index < -0.39 is 11.9 Å². The van der Waals surface area contributed by atoms with Crippen LogP contribution in [0.4, 0.5) is 8.78 Å². The second kappa shape index (κ2) is 5.04. The van der Waals surface area contributed by atoms with Gasteiger partial charge in [0, 0.05) is 5.56 Å². The first-order valence-electron chi connectivity index (χ1n) is 5.46. The third kappa shape index (κ3) is 2.37. The summed E-state index contributed by atoms with van der Waals surface area (Å²) in [6.45, 7) is 1.64. The zero-order chi connectivity index (χ0) is 13.3. The molecular weight excluding hydrogens is 256 g/mol. The van der Waals surface area contributed by atoms with E-state index in [1.807, 2.05) is 0 Å². The van der Waals surface area contributed by atoms with Gasteiger partial charge in [0.15, 0.2) is 0 Å². The van der Waals surface area contributed by atoms with Crippen molar-refractivity contribution < 1.29 is 8.78 Å². The number of halogens is 3. The van der Waals surface area contributed by atoms with Crippen LogP contribution in [0.3, 0.4) is 0 Å². The lowest BCUT2D eigenvalue weighted by Gasteiger charge is -2.15. The first-order chi connectivity index (χ1) is 8.50. The van der Waals surface area contributed by atoms with Crippen molar-refractivity contribution in [3.63, 3.8) is 0 Å². The molecule has 1 atom stereocenters. The van der Waals surface area contributed by atoms with Gasteiger partial charge >= 0.3 is 0 Å². The molecule has 94 valence electrons. The minimum absolute atomic E-state index is 0.0294. The van der Waals surface area contributed by atoms with E-state index in [2.05, 4.69) is 0 Å². The number of hydrogen-bond donors (Lipinski definition) is 1. The van der Waals surface area contributed by atoms with Crippen molar-refractivity contribution in [1.82, 2.24) is 0 Å². The zero-order valence-electron chi connectivity index (χ0n) is 9.75. The molecule has 1 nitrogen and oxygen atoms in total. The molecule has 0 heterocycles. The number of hydrogen-bond acceptors (Lipinski definition) is 1. The maximum atomic E-state index is 13.8. The molecule has 4 heteroatoms. The van der Waals surface area contributed by atoms with Crippen molar-refractivity contribution in [2.24, 2.45) is 5.73 Å². The summed E-state index contributed by atoms with van der Waals surface area (Å²) in [6.07, 6.45) is 0. The highest BCUT2D eigenvalue weighted by atomic mass is 35.5. The Bertz CT molecular complexity index is 584. The Kier molecular flexibility index (Phi) is 3.64. The average molecular weight is 268 g/mol. The van der Waals surface area contributed by atoms with Gasteiger partial charge in [-0.15, -0.1) is 0 Å². The first kappa shape index (κ1) is 13.0. The van der Waals surface area contributed by atoms with Crippen LogP contribution < -0.4 is 5.73 Å². The van der Waals surface area contributed by atoms with E-state index in [9.17, 15) is 8.78 Å². The van der Waals surface area contributed by atoms with E-state index in [1.165, 1.54) is 12.1 Å². The molecule has 0 saturated carbocycles. The molecule has 18 heavy (non-hydrogen) atoms. The molecule has 0 spiro atoms. The Morgan fingerprint density at radius 1 is 1.17 bits per heavy atom. The fourth-order valence-corrected chi connectivity index (χ4v) is 1.98. The third-order valence-electron chi connectivity index (χ3n) is 2.86. The van der Waals surface area contributed by atoms with Crippen LogP contribution in [-0.4, -0.2) is 0 Å². The van der Waals surface area contributed by atoms with Crippen molar-refractivity contribution in [1.29, 1.82) is 0 Å². The van der Waals surface area contributed by atoms with E-state index in [1.54, 1.807) is 31.2 Å². The van der Waals surface area contributed by atoms with Gasteiger partial charge in [-0.05, 0) is 30.2 Å². The molecule has 0 aliphatic carbocycles. The van der Waals surface area contributed by atoms with Crippen LogP contribution in [0, 0.1) is 18.6 Å². The van der Waals surface area contributed by atoms with Crippen molar-refractivity contribution >= 4 is 11.6 Å².